The number of anilines is 2. The fourth-order valence-corrected chi connectivity index (χ4v) is 3.53. The first-order chi connectivity index (χ1) is 14.3. The number of thiocarbonyl (C=S) groups is 1. The van der Waals surface area contributed by atoms with Crippen LogP contribution in [0.1, 0.15) is 13.3 Å². The van der Waals surface area contributed by atoms with E-state index in [2.05, 4.69) is 10.1 Å². The number of cyclic esters (lactones) is 1. The van der Waals surface area contributed by atoms with E-state index in [-0.39, 0.29) is 31.0 Å². The van der Waals surface area contributed by atoms with Crippen molar-refractivity contribution >= 4 is 40.8 Å². The minimum Gasteiger partial charge on any atom is -0.453 e. The van der Waals surface area contributed by atoms with Gasteiger partial charge in [0, 0.05) is 38.3 Å². The molecule has 11 heteroatoms. The van der Waals surface area contributed by atoms with Gasteiger partial charge in [-0.25, -0.2) is 18.4 Å². The van der Waals surface area contributed by atoms with Crippen LogP contribution in [0.25, 0.3) is 0 Å². The van der Waals surface area contributed by atoms with Gasteiger partial charge in [-0.3, -0.25) is 4.90 Å². The van der Waals surface area contributed by atoms with Crippen LogP contribution in [0.3, 0.4) is 0 Å². The van der Waals surface area contributed by atoms with Crippen molar-refractivity contribution in [1.82, 2.24) is 10.2 Å². The summed E-state index contributed by atoms with van der Waals surface area (Å²) >= 11 is 5.08. The summed E-state index contributed by atoms with van der Waals surface area (Å²) in [5, 5.41) is 2.99. The Morgan fingerprint density at radius 1 is 1.27 bits per heavy atom. The van der Waals surface area contributed by atoms with Crippen LogP contribution in [0.5, 0.6) is 0 Å². The maximum absolute atomic E-state index is 14.8. The van der Waals surface area contributed by atoms with Crippen LogP contribution in [-0.4, -0.2) is 74.6 Å². The lowest BCUT2D eigenvalue weighted by molar-refractivity contribution is 0.121. The first-order valence-corrected chi connectivity index (χ1v) is 10.1. The summed E-state index contributed by atoms with van der Waals surface area (Å²) < 4.78 is 39.5. The Bertz CT molecular complexity index is 810. The van der Waals surface area contributed by atoms with Gasteiger partial charge in [-0.2, -0.15) is 0 Å². The number of nitrogens with one attached hydrogen (secondary N) is 1. The molecule has 1 aromatic rings. The van der Waals surface area contributed by atoms with E-state index in [4.69, 9.17) is 17.0 Å². The van der Waals surface area contributed by atoms with E-state index >= 15 is 0 Å². The minimum atomic E-state index is -0.780. The number of ether oxygens (including phenoxy) is 2. The number of methoxy groups -OCH3 is 1. The van der Waals surface area contributed by atoms with E-state index in [1.807, 2.05) is 6.92 Å². The first-order valence-electron chi connectivity index (χ1n) is 9.65. The van der Waals surface area contributed by atoms with E-state index in [1.165, 1.54) is 21.8 Å². The van der Waals surface area contributed by atoms with Crippen LogP contribution in [0.15, 0.2) is 12.1 Å². The molecular weight excluding hydrogens is 418 g/mol. The van der Waals surface area contributed by atoms with Crippen LogP contribution in [0.2, 0.25) is 0 Å². The molecule has 0 bridgehead atoms. The molecule has 0 spiro atoms. The van der Waals surface area contributed by atoms with Gasteiger partial charge in [0.25, 0.3) is 0 Å². The Morgan fingerprint density at radius 2 is 1.90 bits per heavy atom. The summed E-state index contributed by atoms with van der Waals surface area (Å²) in [6.45, 7) is 3.51. The highest BCUT2D eigenvalue weighted by Gasteiger charge is 2.34. The van der Waals surface area contributed by atoms with E-state index in [0.717, 1.165) is 12.1 Å². The van der Waals surface area contributed by atoms with Crippen molar-refractivity contribution in [3.05, 3.63) is 23.8 Å². The number of carbonyl (C=O) groups excluding carboxylic acids is 2. The maximum Gasteiger partial charge on any atom is 0.414 e. The van der Waals surface area contributed by atoms with E-state index in [1.54, 1.807) is 0 Å². The monoisotopic (exact) mass is 442 g/mol. The molecule has 2 aliphatic rings. The van der Waals surface area contributed by atoms with Crippen molar-refractivity contribution < 1.29 is 27.8 Å². The molecule has 164 valence electrons. The predicted octanol–water partition coefficient (Wildman–Crippen LogP) is 2.51. The Hall–Kier alpha value is -2.69. The lowest BCUT2D eigenvalue weighted by Crippen LogP contribution is -2.49. The van der Waals surface area contributed by atoms with Crippen LogP contribution in [-0.2, 0) is 9.47 Å². The van der Waals surface area contributed by atoms with E-state index in [0.29, 0.717) is 31.0 Å². The smallest absolute Gasteiger partial charge is 0.414 e. The summed E-state index contributed by atoms with van der Waals surface area (Å²) in [5.74, 6) is -1.56. The summed E-state index contributed by atoms with van der Waals surface area (Å²) in [5.41, 5.74) is -0.0881. The van der Waals surface area contributed by atoms with Gasteiger partial charge in [-0.15, -0.1) is 0 Å². The number of hydrogen-bond acceptors (Lipinski definition) is 6. The molecule has 2 amide bonds. The topological polar surface area (TPSA) is 74.4 Å². The molecule has 1 N–H and O–H groups in total. The van der Waals surface area contributed by atoms with Gasteiger partial charge in [0.15, 0.2) is 11.6 Å². The van der Waals surface area contributed by atoms with Crippen molar-refractivity contribution in [2.75, 3.05) is 56.2 Å². The summed E-state index contributed by atoms with van der Waals surface area (Å²) in [6, 6.07) is 2.25. The Kier molecular flexibility index (Phi) is 6.91. The molecule has 2 aliphatic heterocycles. The molecule has 30 heavy (non-hydrogen) atoms. The van der Waals surface area contributed by atoms with Gasteiger partial charge in [0.1, 0.15) is 11.8 Å². The number of rotatable bonds is 5. The lowest BCUT2D eigenvalue weighted by atomic mass is 10.2. The second-order valence-electron chi connectivity index (χ2n) is 6.98. The molecule has 0 aliphatic carbocycles. The van der Waals surface area contributed by atoms with E-state index in [9.17, 15) is 18.4 Å². The predicted molar refractivity (Wildman–Crippen MR) is 111 cm³/mol. The molecule has 3 rings (SSSR count). The van der Waals surface area contributed by atoms with Crippen LogP contribution >= 0.6 is 12.2 Å². The zero-order chi connectivity index (χ0) is 21.8. The lowest BCUT2D eigenvalue weighted by Gasteiger charge is -2.35. The van der Waals surface area contributed by atoms with Crippen molar-refractivity contribution in [2.24, 2.45) is 0 Å². The van der Waals surface area contributed by atoms with Gasteiger partial charge < -0.3 is 24.6 Å². The molecule has 1 unspecified atom stereocenters. The van der Waals surface area contributed by atoms with Gasteiger partial charge in [0.05, 0.1) is 30.9 Å². The molecule has 0 saturated carbocycles. The van der Waals surface area contributed by atoms with Crippen molar-refractivity contribution in [3.63, 3.8) is 0 Å². The second kappa shape index (κ2) is 9.41. The fourth-order valence-electron chi connectivity index (χ4n) is 3.44. The molecule has 8 nitrogen and oxygen atoms in total. The zero-order valence-electron chi connectivity index (χ0n) is 16.8. The average Bonchev–Trinajstić information content (AvgIpc) is 3.11. The summed E-state index contributed by atoms with van der Waals surface area (Å²) in [4.78, 5) is 28.6. The third-order valence-electron chi connectivity index (χ3n) is 5.06. The van der Waals surface area contributed by atoms with Crippen LogP contribution < -0.4 is 15.1 Å². The van der Waals surface area contributed by atoms with Gasteiger partial charge in [-0.05, 0) is 6.42 Å². The van der Waals surface area contributed by atoms with Crippen molar-refractivity contribution in [1.29, 1.82) is 0 Å². The zero-order valence-corrected chi connectivity index (χ0v) is 17.6. The van der Waals surface area contributed by atoms with Crippen molar-refractivity contribution in [3.8, 4) is 0 Å². The quantitative estimate of drug-likeness (QED) is 0.703. The number of halogens is 2. The summed E-state index contributed by atoms with van der Waals surface area (Å²) in [7, 11) is 1.29. The average molecular weight is 442 g/mol. The number of amides is 2. The largest absolute Gasteiger partial charge is 0.453 e. The van der Waals surface area contributed by atoms with Crippen molar-refractivity contribution in [2.45, 2.75) is 19.4 Å². The highest BCUT2D eigenvalue weighted by molar-refractivity contribution is 7.80. The first kappa shape index (κ1) is 22.0. The summed E-state index contributed by atoms with van der Waals surface area (Å²) in [6.07, 6.45) is -0.935. The Labute approximate surface area is 178 Å². The molecule has 2 fully saturated rings. The normalized spacial score (nSPS) is 19.0. The highest BCUT2D eigenvalue weighted by Crippen LogP contribution is 2.31. The number of hydrogen-bond donors (Lipinski definition) is 1. The Morgan fingerprint density at radius 3 is 2.47 bits per heavy atom. The molecule has 2 saturated heterocycles. The highest BCUT2D eigenvalue weighted by atomic mass is 32.1. The molecule has 0 aromatic heterocycles. The van der Waals surface area contributed by atoms with Crippen LogP contribution in [0.4, 0.5) is 29.7 Å². The second-order valence-corrected chi connectivity index (χ2v) is 7.47. The van der Waals surface area contributed by atoms with Crippen LogP contribution in [0, 0.1) is 11.6 Å². The fraction of sp³-hybridized carbons (Fsp3) is 0.526. The van der Waals surface area contributed by atoms with Gasteiger partial charge in [-0.1, -0.05) is 19.1 Å². The van der Waals surface area contributed by atoms with E-state index < -0.39 is 29.9 Å². The maximum atomic E-state index is 14.8. The Balaban J connectivity index is 1.68. The molecule has 1 atom stereocenters. The van der Waals surface area contributed by atoms with Gasteiger partial charge >= 0.3 is 12.2 Å². The minimum absolute atomic E-state index is 0.0903. The molecule has 0 radical (unpaired) electrons. The number of benzene rings is 1. The SMILES string of the molecule is CCC(=S)NCC1CN(c2cc(F)c(N3CCN(C(=O)OC)CC3)c(F)c2)C(=O)O1. The third kappa shape index (κ3) is 4.72. The number of carbonyl (C=O) groups is 2. The molecule has 1 aromatic carbocycles. The number of piperazine rings is 1. The molecule has 2 heterocycles. The van der Waals surface area contributed by atoms with Gasteiger partial charge in [0.2, 0.25) is 0 Å². The number of nitrogens with zero attached hydrogens (tertiary/aromatic N) is 3. The third-order valence-corrected chi connectivity index (χ3v) is 5.50. The molecular formula is C19H24F2N4O4S. The standard InChI is InChI=1S/C19H24F2N4O4S/c1-3-16(30)22-10-13-11-25(19(27)29-13)12-8-14(20)17(15(21)9-12)23-4-6-24(7-5-23)18(26)28-2/h8-9,13H,3-7,10-11H2,1-2H3,(H,22,30).